The van der Waals surface area contributed by atoms with E-state index in [0.717, 1.165) is 32.4 Å². The minimum Gasteiger partial charge on any atom is -0.545 e. The van der Waals surface area contributed by atoms with E-state index < -0.39 is 17.2 Å². The molecule has 0 N–H and O–H groups in total. The van der Waals surface area contributed by atoms with Gasteiger partial charge in [0, 0.05) is 41.5 Å². The molecule has 0 spiro atoms. The van der Waals surface area contributed by atoms with Gasteiger partial charge < -0.3 is 9.90 Å². The van der Waals surface area contributed by atoms with Crippen LogP contribution in [0.1, 0.15) is 40.7 Å². The van der Waals surface area contributed by atoms with Gasteiger partial charge in [0.1, 0.15) is 4.83 Å². The molecule has 0 aliphatic rings. The fraction of sp³-hybridized carbons (Fsp3) is 0.238. The minimum absolute atomic E-state index is 0. The van der Waals surface area contributed by atoms with E-state index >= 15 is 0 Å². The summed E-state index contributed by atoms with van der Waals surface area (Å²) in [6, 6.07) is 9.18. The van der Waals surface area contributed by atoms with Crippen molar-refractivity contribution in [3.63, 3.8) is 0 Å². The molecule has 0 saturated carbocycles. The van der Waals surface area contributed by atoms with Crippen molar-refractivity contribution < 1.29 is 39.5 Å². The van der Waals surface area contributed by atoms with Gasteiger partial charge in [0.05, 0.1) is 16.9 Å². The summed E-state index contributed by atoms with van der Waals surface area (Å²) in [5, 5.41) is 13.0. The molecule has 0 unspecified atom stereocenters. The average molecular weight is 431 g/mol. The number of carbonyl (C=O) groups excluding carboxylic acids is 1. The Hall–Kier alpha value is -2.26. The Morgan fingerprint density at radius 2 is 1.90 bits per heavy atom. The van der Waals surface area contributed by atoms with Gasteiger partial charge in [-0.2, -0.15) is 0 Å². The summed E-state index contributed by atoms with van der Waals surface area (Å²) in [7, 11) is 1.36. The zero-order valence-electron chi connectivity index (χ0n) is 17.1. The van der Waals surface area contributed by atoms with E-state index in [-0.39, 0.29) is 46.5 Å². The summed E-state index contributed by atoms with van der Waals surface area (Å²) in [5.41, 5.74) is 0.463. The van der Waals surface area contributed by atoms with E-state index in [1.807, 2.05) is 44.2 Å². The van der Waals surface area contributed by atoms with Gasteiger partial charge in [-0.1, -0.05) is 18.2 Å². The maximum Gasteiger partial charge on any atom is 1.00 e. The van der Waals surface area contributed by atoms with Crippen LogP contribution in [0.15, 0.2) is 46.1 Å². The van der Waals surface area contributed by atoms with Crippen LogP contribution >= 0.6 is 11.3 Å². The molecule has 0 bridgehead atoms. The van der Waals surface area contributed by atoms with E-state index in [9.17, 15) is 19.5 Å². The maximum atomic E-state index is 12.8. The number of hydrogen-bond acceptors (Lipinski definition) is 6. The van der Waals surface area contributed by atoms with E-state index in [2.05, 4.69) is 4.98 Å². The van der Waals surface area contributed by atoms with E-state index in [0.29, 0.717) is 16.1 Å². The maximum absolute atomic E-state index is 12.8. The molecule has 3 heterocycles. The monoisotopic (exact) mass is 431 g/mol. The second-order valence-electron chi connectivity index (χ2n) is 7.14. The van der Waals surface area contributed by atoms with E-state index in [1.165, 1.54) is 11.6 Å². The number of carboxylic acid groups (broad SMARTS) is 1. The number of rotatable bonds is 4. The summed E-state index contributed by atoms with van der Waals surface area (Å²) in [6.07, 6.45) is 1.97. The number of benzene rings is 1. The Morgan fingerprint density at radius 1 is 1.20 bits per heavy atom. The average Bonchev–Trinajstić information content (AvgIpc) is 3.05. The van der Waals surface area contributed by atoms with Crippen LogP contribution in [0.3, 0.4) is 0 Å². The van der Waals surface area contributed by atoms with Crippen molar-refractivity contribution in [1.82, 2.24) is 14.1 Å². The Bertz CT molecular complexity index is 1400. The predicted octanol–water partition coefficient (Wildman–Crippen LogP) is -1.15. The van der Waals surface area contributed by atoms with Crippen LogP contribution in [0, 0.1) is 0 Å². The molecule has 0 atom stereocenters. The summed E-state index contributed by atoms with van der Waals surface area (Å²) >= 11 is 1.16. The number of carboxylic acids is 1. The SMILES string of the molecule is CC(C)n1c(=O)n(C)c(=O)c2c(C(=O)[O-])c(Cc3ccnc4ccccc34)sc21.[Na+]. The second kappa shape index (κ2) is 8.47. The van der Waals surface area contributed by atoms with Gasteiger partial charge in [-0.3, -0.25) is 18.9 Å². The number of fused-ring (bicyclic) bond motifs is 2. The number of carbonyl (C=O) groups is 1. The second-order valence-corrected chi connectivity index (χ2v) is 8.23. The van der Waals surface area contributed by atoms with Gasteiger partial charge >= 0.3 is 35.2 Å². The molecule has 3 aromatic heterocycles. The first kappa shape index (κ1) is 22.4. The molecular weight excluding hydrogens is 413 g/mol. The third kappa shape index (κ3) is 3.54. The number of nitrogens with zero attached hydrogens (tertiary/aromatic N) is 3. The van der Waals surface area contributed by atoms with Crippen molar-refractivity contribution in [3.8, 4) is 0 Å². The van der Waals surface area contributed by atoms with Crippen molar-refractivity contribution in [2.45, 2.75) is 26.3 Å². The number of para-hydroxylation sites is 1. The number of aromatic carboxylic acids is 1. The molecule has 0 radical (unpaired) electrons. The third-order valence-electron chi connectivity index (χ3n) is 5.00. The molecular formula is C21H18N3NaO4S. The van der Waals surface area contributed by atoms with Crippen LogP contribution in [0.2, 0.25) is 0 Å². The fourth-order valence-corrected chi connectivity index (χ4v) is 5.04. The van der Waals surface area contributed by atoms with Crippen LogP contribution < -0.4 is 45.9 Å². The van der Waals surface area contributed by atoms with Gasteiger partial charge in [0.15, 0.2) is 0 Å². The Morgan fingerprint density at radius 3 is 2.57 bits per heavy atom. The Kier molecular flexibility index (Phi) is 6.33. The normalized spacial score (nSPS) is 11.2. The predicted molar refractivity (Wildman–Crippen MR) is 111 cm³/mol. The molecule has 148 valence electrons. The van der Waals surface area contributed by atoms with E-state index in [1.54, 1.807) is 6.20 Å². The van der Waals surface area contributed by atoms with Crippen molar-refractivity contribution in [1.29, 1.82) is 0 Å². The Balaban J connectivity index is 0.00000256. The first-order chi connectivity index (χ1) is 13.8. The van der Waals surface area contributed by atoms with Crippen LogP contribution in [-0.4, -0.2) is 20.1 Å². The molecule has 0 aliphatic carbocycles. The van der Waals surface area contributed by atoms with Gasteiger partial charge in [-0.15, -0.1) is 11.3 Å². The van der Waals surface area contributed by atoms with Gasteiger partial charge in [-0.25, -0.2) is 4.79 Å². The molecule has 0 amide bonds. The van der Waals surface area contributed by atoms with Crippen LogP contribution in [-0.2, 0) is 13.5 Å². The fourth-order valence-electron chi connectivity index (χ4n) is 3.61. The molecule has 0 fully saturated rings. The first-order valence-corrected chi connectivity index (χ1v) is 9.93. The summed E-state index contributed by atoms with van der Waals surface area (Å²) in [4.78, 5) is 42.6. The largest absolute Gasteiger partial charge is 1.00 e. The van der Waals surface area contributed by atoms with Crippen molar-refractivity contribution >= 4 is 38.4 Å². The van der Waals surface area contributed by atoms with Gasteiger partial charge in [0.2, 0.25) is 0 Å². The van der Waals surface area contributed by atoms with Crippen molar-refractivity contribution in [3.05, 3.63) is 73.4 Å². The molecule has 30 heavy (non-hydrogen) atoms. The molecule has 0 saturated heterocycles. The van der Waals surface area contributed by atoms with Gasteiger partial charge in [0.25, 0.3) is 5.56 Å². The molecule has 7 nitrogen and oxygen atoms in total. The smallest absolute Gasteiger partial charge is 0.545 e. The molecule has 1 aromatic carbocycles. The molecule has 4 aromatic rings. The minimum atomic E-state index is -1.42. The zero-order valence-corrected chi connectivity index (χ0v) is 19.9. The van der Waals surface area contributed by atoms with Crippen LogP contribution in [0.25, 0.3) is 21.1 Å². The first-order valence-electron chi connectivity index (χ1n) is 9.12. The zero-order chi connectivity index (χ0) is 20.9. The van der Waals surface area contributed by atoms with Crippen LogP contribution in [0.5, 0.6) is 0 Å². The van der Waals surface area contributed by atoms with Crippen molar-refractivity contribution in [2.75, 3.05) is 0 Å². The number of hydrogen-bond donors (Lipinski definition) is 0. The summed E-state index contributed by atoms with van der Waals surface area (Å²) in [6.45, 7) is 3.64. The standard InChI is InChI=1S/C21H19N3O4S.Na/c1-11(2)24-19-17(18(25)23(3)21(24)28)16(20(26)27)15(29-19)10-12-8-9-22-14-7-5-4-6-13(12)14;/h4-9,11H,10H2,1-3H3,(H,26,27);/q;+1/p-1. The Labute approximate surface area is 197 Å². The quantitative estimate of drug-likeness (QED) is 0.380. The van der Waals surface area contributed by atoms with E-state index in [4.69, 9.17) is 0 Å². The number of aromatic nitrogens is 3. The number of thiophene rings is 1. The summed E-state index contributed by atoms with van der Waals surface area (Å²) < 4.78 is 2.41. The van der Waals surface area contributed by atoms with Gasteiger partial charge in [-0.05, 0) is 31.5 Å². The topological polar surface area (TPSA) is 97.0 Å². The van der Waals surface area contributed by atoms with Crippen molar-refractivity contribution in [2.24, 2.45) is 7.05 Å². The molecule has 9 heteroatoms. The molecule has 0 aliphatic heterocycles. The molecule has 4 rings (SSSR count). The third-order valence-corrected chi connectivity index (χ3v) is 6.19. The summed E-state index contributed by atoms with van der Waals surface area (Å²) in [5.74, 6) is -1.42. The van der Waals surface area contributed by atoms with Crippen LogP contribution in [0.4, 0.5) is 0 Å². The number of pyridine rings is 1.